The van der Waals surface area contributed by atoms with E-state index in [1.807, 2.05) is 0 Å². The third kappa shape index (κ3) is 27.6. The Bertz CT molecular complexity index is 1630. The molecule has 6 rings (SSSR count). The second-order valence-corrected chi connectivity index (χ2v) is 10.7. The molecule has 0 spiro atoms. The first kappa shape index (κ1) is 45.9. The van der Waals surface area contributed by atoms with Crippen molar-refractivity contribution in [3.63, 3.8) is 0 Å². The molecule has 0 aliphatic rings. The quantitative estimate of drug-likeness (QED) is 0.118. The first-order valence-corrected chi connectivity index (χ1v) is 16.2. The second-order valence-electron chi connectivity index (χ2n) is 8.27. The summed E-state index contributed by atoms with van der Waals surface area (Å²) in [5.74, 6) is 0. The molecule has 0 atom stereocenters. The van der Waals surface area contributed by atoms with Crippen molar-refractivity contribution in [3.8, 4) is 0 Å². The summed E-state index contributed by atoms with van der Waals surface area (Å²) in [6.07, 6.45) is 0. The summed E-state index contributed by atoms with van der Waals surface area (Å²) in [5, 5.41) is 7.86. The Labute approximate surface area is 294 Å². The van der Waals surface area contributed by atoms with Crippen LogP contribution in [0.4, 0.5) is 0 Å². The third-order valence-corrected chi connectivity index (χ3v) is 4.98. The number of hydrogen-bond acceptors (Lipinski definition) is 12. The summed E-state index contributed by atoms with van der Waals surface area (Å²) in [6.45, 7) is 0. The van der Waals surface area contributed by atoms with Crippen LogP contribution in [0.1, 0.15) is 0 Å². The maximum atomic E-state index is 8.52. The molecule has 0 fully saturated rings. The molecule has 0 aliphatic heterocycles. The smallest absolute Gasteiger partial charge is 0.759 e. The Balaban J connectivity index is 0. The van der Waals surface area contributed by atoms with Crippen molar-refractivity contribution in [2.45, 2.75) is 0 Å². The maximum Gasteiger partial charge on any atom is 3.00 e. The van der Waals surface area contributed by atoms with Crippen molar-refractivity contribution in [2.24, 2.45) is 0 Å². The Morgan fingerprint density at radius 3 is 0.383 bits per heavy atom. The van der Waals surface area contributed by atoms with Crippen molar-refractivity contribution < 1.29 is 86.7 Å². The van der Waals surface area contributed by atoms with Crippen molar-refractivity contribution >= 4 is 63.5 Å². The molecule has 0 amide bonds. The number of benzene rings is 6. The molecule has 250 valence electrons. The zero-order chi connectivity index (χ0) is 33.9. The van der Waals surface area contributed by atoms with E-state index in [4.69, 9.17) is 52.6 Å². The van der Waals surface area contributed by atoms with Gasteiger partial charge in [0.15, 0.2) is 0 Å². The van der Waals surface area contributed by atoms with E-state index < -0.39 is 31.2 Å². The van der Waals surface area contributed by atoms with Gasteiger partial charge < -0.3 is 27.3 Å². The van der Waals surface area contributed by atoms with E-state index in [1.54, 1.807) is 0 Å². The van der Waals surface area contributed by atoms with Gasteiger partial charge in [-0.05, 0) is 32.3 Å². The largest absolute Gasteiger partial charge is 3.00 e. The monoisotopic (exact) mass is 784 g/mol. The summed E-state index contributed by atoms with van der Waals surface area (Å²) in [6, 6.07) is 50.1. The van der Waals surface area contributed by atoms with Crippen LogP contribution in [0.3, 0.4) is 0 Å². The summed E-state index contributed by atoms with van der Waals surface area (Å²) in [7, 11) is -15.5. The zero-order valence-corrected chi connectivity index (χ0v) is 28.3. The van der Waals surface area contributed by atoms with Gasteiger partial charge >= 0.3 is 34.1 Å². The normalized spacial score (nSPS) is 10.1. The maximum absolute atomic E-state index is 8.52. The molecule has 17 heteroatoms. The standard InChI is InChI=1S/3C10H8.2Fe.3H2O4S/c3*1-2-6-10-8-4-3-7-9(10)5-1;;;3*1-5(2,3)4/h3*1-8H;;;3*(H2,1,2,3,4)/q;;;2*+3;;;/p-6. The van der Waals surface area contributed by atoms with Gasteiger partial charge in [-0.3, -0.25) is 25.3 Å². The Kier molecular flexibility index (Phi) is 22.6. The van der Waals surface area contributed by atoms with E-state index in [0.717, 1.165) is 0 Å². The van der Waals surface area contributed by atoms with Gasteiger partial charge in [-0.1, -0.05) is 146 Å². The SMILES string of the molecule is O=S(=O)([O-])[O-].O=S(=O)([O-])[O-].O=S(=O)([O-])[O-].[Fe+3].[Fe+3].c1ccc2ccccc2c1.c1ccc2ccccc2c1.c1ccc2ccccc2c1. The first-order valence-electron chi connectivity index (χ1n) is 12.2. The van der Waals surface area contributed by atoms with Gasteiger partial charge in [0.1, 0.15) is 0 Å². The predicted molar refractivity (Wildman–Crippen MR) is 163 cm³/mol. The minimum absolute atomic E-state index is 0. The molecule has 0 bridgehead atoms. The fourth-order valence-corrected chi connectivity index (χ4v) is 3.40. The van der Waals surface area contributed by atoms with Crippen LogP contribution in [-0.4, -0.2) is 52.6 Å². The van der Waals surface area contributed by atoms with Crippen molar-refractivity contribution in [3.05, 3.63) is 146 Å². The molecule has 2 radical (unpaired) electrons. The first-order chi connectivity index (χ1) is 20.9. The van der Waals surface area contributed by atoms with E-state index in [2.05, 4.69) is 146 Å². The third-order valence-electron chi connectivity index (χ3n) is 4.98. The zero-order valence-electron chi connectivity index (χ0n) is 23.7. The Morgan fingerprint density at radius 2 is 0.319 bits per heavy atom. The summed E-state index contributed by atoms with van der Waals surface area (Å²) < 4.78 is 102. The van der Waals surface area contributed by atoms with Crippen LogP contribution >= 0.6 is 0 Å². The second kappa shape index (κ2) is 23.1. The molecule has 0 aromatic heterocycles. The van der Waals surface area contributed by atoms with Gasteiger partial charge in [-0.15, -0.1) is 0 Å². The molecule has 0 aliphatic carbocycles. The molecule has 6 aromatic rings. The summed E-state index contributed by atoms with van der Waals surface area (Å²) in [5.41, 5.74) is 0. The topological polar surface area (TPSA) is 241 Å². The molecule has 12 nitrogen and oxygen atoms in total. The molecule has 0 heterocycles. The fourth-order valence-electron chi connectivity index (χ4n) is 3.40. The van der Waals surface area contributed by atoms with E-state index in [0.29, 0.717) is 0 Å². The van der Waals surface area contributed by atoms with Gasteiger partial charge in [-0.25, -0.2) is 0 Å². The van der Waals surface area contributed by atoms with E-state index >= 15 is 0 Å². The van der Waals surface area contributed by atoms with Crippen LogP contribution < -0.4 is 0 Å². The van der Waals surface area contributed by atoms with Gasteiger partial charge in [0.25, 0.3) is 0 Å². The number of rotatable bonds is 0. The van der Waals surface area contributed by atoms with Gasteiger partial charge in [0.05, 0.1) is 0 Å². The molecule has 0 saturated carbocycles. The molecular weight excluding hydrogens is 760 g/mol. The molecule has 0 saturated heterocycles. The van der Waals surface area contributed by atoms with Gasteiger partial charge in [0, 0.05) is 31.2 Å². The summed E-state index contributed by atoms with van der Waals surface area (Å²) >= 11 is 0. The number of fused-ring (bicyclic) bond motifs is 3. The van der Waals surface area contributed by atoms with Crippen LogP contribution in [0.2, 0.25) is 0 Å². The van der Waals surface area contributed by atoms with Gasteiger partial charge in [-0.2, -0.15) is 0 Å². The van der Waals surface area contributed by atoms with Gasteiger partial charge in [0.2, 0.25) is 0 Å². The fraction of sp³-hybridized carbons (Fsp3) is 0. The van der Waals surface area contributed by atoms with E-state index in [9.17, 15) is 0 Å². The molecule has 0 N–H and O–H groups in total. The predicted octanol–water partition coefficient (Wildman–Crippen LogP) is 4.50. The average molecular weight is 784 g/mol. The van der Waals surface area contributed by atoms with Crippen LogP contribution in [-0.2, 0) is 65.3 Å². The molecule has 47 heavy (non-hydrogen) atoms. The minimum Gasteiger partial charge on any atom is -0.759 e. The molecule has 6 aromatic carbocycles. The van der Waals surface area contributed by atoms with Crippen molar-refractivity contribution in [1.82, 2.24) is 0 Å². The van der Waals surface area contributed by atoms with Crippen LogP contribution in [0.5, 0.6) is 0 Å². The van der Waals surface area contributed by atoms with Crippen molar-refractivity contribution in [1.29, 1.82) is 0 Å². The average Bonchev–Trinajstić information content (AvgIpc) is 2.96. The van der Waals surface area contributed by atoms with E-state index in [1.165, 1.54) is 32.3 Å². The minimum atomic E-state index is -5.17. The Morgan fingerprint density at radius 1 is 0.255 bits per heavy atom. The molecular formula is C30H24Fe2O12S3. The molecule has 0 unspecified atom stereocenters. The van der Waals surface area contributed by atoms with Crippen LogP contribution in [0.25, 0.3) is 32.3 Å². The summed E-state index contributed by atoms with van der Waals surface area (Å²) in [4.78, 5) is 0. The Hall–Kier alpha value is -3.25. The van der Waals surface area contributed by atoms with Crippen LogP contribution in [0, 0.1) is 0 Å². The van der Waals surface area contributed by atoms with E-state index in [-0.39, 0.29) is 34.1 Å². The van der Waals surface area contributed by atoms with Crippen LogP contribution in [0.15, 0.2) is 146 Å². The van der Waals surface area contributed by atoms with Crippen molar-refractivity contribution in [2.75, 3.05) is 0 Å². The number of hydrogen-bond donors (Lipinski definition) is 0.